The number of benzene rings is 2. The summed E-state index contributed by atoms with van der Waals surface area (Å²) in [5.74, 6) is -0.341. The normalized spacial score (nSPS) is 19.3. The fourth-order valence-corrected chi connectivity index (χ4v) is 6.15. The van der Waals surface area contributed by atoms with Crippen molar-refractivity contribution in [3.05, 3.63) is 65.5 Å². The molecule has 0 aliphatic carbocycles. The molecule has 2 saturated heterocycles. The minimum atomic E-state index is -3.46. The highest BCUT2D eigenvalue weighted by atomic mass is 32.2. The highest BCUT2D eigenvalue weighted by molar-refractivity contribution is 7.89. The molecule has 34 heavy (non-hydrogen) atoms. The second kappa shape index (κ2) is 11.4. The van der Waals surface area contributed by atoms with E-state index < -0.39 is 10.0 Å². The van der Waals surface area contributed by atoms with Crippen LogP contribution in [0.25, 0.3) is 0 Å². The standard InChI is InChI=1S/C26H33FN2O4S/c27-23-7-4-6-22(18-23)19-28(20-24-8-5-17-33-24)26(30)14-11-21-9-12-25(13-10-21)34(31,32)29-15-2-1-3-16-29/h4,6-7,9-10,12-13,18,24H,1-3,5,8,11,14-17,19-20H2. The van der Waals surface area contributed by atoms with E-state index in [2.05, 4.69) is 0 Å². The molecule has 0 spiro atoms. The Hall–Kier alpha value is -2.29. The summed E-state index contributed by atoms with van der Waals surface area (Å²) in [4.78, 5) is 15.2. The predicted molar refractivity (Wildman–Crippen MR) is 128 cm³/mol. The molecule has 0 aromatic heterocycles. The van der Waals surface area contributed by atoms with E-state index in [1.165, 1.54) is 12.1 Å². The third-order valence-corrected chi connectivity index (χ3v) is 8.48. The fraction of sp³-hybridized carbons (Fsp3) is 0.500. The number of rotatable bonds is 9. The van der Waals surface area contributed by atoms with E-state index in [9.17, 15) is 17.6 Å². The van der Waals surface area contributed by atoms with Gasteiger partial charge in [0.05, 0.1) is 11.0 Å². The van der Waals surface area contributed by atoms with Gasteiger partial charge >= 0.3 is 0 Å². The smallest absolute Gasteiger partial charge is 0.243 e. The number of aryl methyl sites for hydroxylation is 1. The van der Waals surface area contributed by atoms with Crippen LogP contribution < -0.4 is 0 Å². The van der Waals surface area contributed by atoms with Gasteiger partial charge in [-0.2, -0.15) is 4.31 Å². The first-order valence-electron chi connectivity index (χ1n) is 12.1. The van der Waals surface area contributed by atoms with Crippen LogP contribution in [0.1, 0.15) is 49.7 Å². The summed E-state index contributed by atoms with van der Waals surface area (Å²) < 4.78 is 46.6. The quantitative estimate of drug-likeness (QED) is 0.532. The highest BCUT2D eigenvalue weighted by Gasteiger charge is 2.26. The first kappa shape index (κ1) is 24.8. The van der Waals surface area contributed by atoms with Crippen LogP contribution in [0.15, 0.2) is 53.4 Å². The number of piperidine rings is 1. The molecule has 184 valence electrons. The van der Waals surface area contributed by atoms with Crippen LogP contribution in [0.5, 0.6) is 0 Å². The minimum Gasteiger partial charge on any atom is -0.376 e. The maximum Gasteiger partial charge on any atom is 0.243 e. The second-order valence-corrected chi connectivity index (χ2v) is 11.1. The van der Waals surface area contributed by atoms with E-state index in [0.717, 1.165) is 43.2 Å². The molecule has 0 radical (unpaired) electrons. The molecule has 2 aromatic carbocycles. The van der Waals surface area contributed by atoms with Crippen LogP contribution in [-0.2, 0) is 32.5 Å². The van der Waals surface area contributed by atoms with E-state index in [0.29, 0.717) is 50.5 Å². The number of hydrogen-bond donors (Lipinski definition) is 0. The Kier molecular flexibility index (Phi) is 8.34. The van der Waals surface area contributed by atoms with Crippen molar-refractivity contribution in [3.63, 3.8) is 0 Å². The van der Waals surface area contributed by atoms with Gasteiger partial charge in [0.25, 0.3) is 0 Å². The summed E-state index contributed by atoms with van der Waals surface area (Å²) in [6, 6.07) is 13.2. The Morgan fingerprint density at radius 2 is 1.79 bits per heavy atom. The maximum absolute atomic E-state index is 13.7. The summed E-state index contributed by atoms with van der Waals surface area (Å²) in [5, 5.41) is 0. The number of sulfonamides is 1. The van der Waals surface area contributed by atoms with Crippen molar-refractivity contribution in [1.29, 1.82) is 0 Å². The van der Waals surface area contributed by atoms with Crippen LogP contribution in [0.2, 0.25) is 0 Å². The molecule has 1 unspecified atom stereocenters. The zero-order valence-corrected chi connectivity index (χ0v) is 20.3. The summed E-state index contributed by atoms with van der Waals surface area (Å²) in [6.45, 7) is 2.68. The molecule has 2 aliphatic heterocycles. The number of hydrogen-bond acceptors (Lipinski definition) is 4. The van der Waals surface area contributed by atoms with Gasteiger partial charge in [0.15, 0.2) is 0 Å². The molecule has 2 heterocycles. The van der Waals surface area contributed by atoms with Crippen LogP contribution >= 0.6 is 0 Å². The monoisotopic (exact) mass is 488 g/mol. The summed E-state index contributed by atoms with van der Waals surface area (Å²) in [5.41, 5.74) is 1.66. The third-order valence-electron chi connectivity index (χ3n) is 6.57. The van der Waals surface area contributed by atoms with Crippen LogP contribution in [0.4, 0.5) is 4.39 Å². The predicted octanol–water partition coefficient (Wildman–Crippen LogP) is 4.14. The number of ether oxygens (including phenoxy) is 1. The zero-order chi connectivity index (χ0) is 24.0. The first-order chi connectivity index (χ1) is 16.4. The molecule has 0 saturated carbocycles. The lowest BCUT2D eigenvalue weighted by molar-refractivity contribution is -0.133. The lowest BCUT2D eigenvalue weighted by Gasteiger charge is -2.26. The van der Waals surface area contributed by atoms with Gasteiger partial charge in [-0.3, -0.25) is 4.79 Å². The van der Waals surface area contributed by atoms with Gasteiger partial charge in [0.2, 0.25) is 15.9 Å². The van der Waals surface area contributed by atoms with Crippen molar-refractivity contribution in [2.24, 2.45) is 0 Å². The summed E-state index contributed by atoms with van der Waals surface area (Å²) >= 11 is 0. The van der Waals surface area contributed by atoms with Gasteiger partial charge in [-0.05, 0) is 67.5 Å². The molecule has 2 aliphatic rings. The lowest BCUT2D eigenvalue weighted by Crippen LogP contribution is -2.37. The van der Waals surface area contributed by atoms with E-state index in [-0.39, 0.29) is 17.8 Å². The van der Waals surface area contributed by atoms with E-state index in [4.69, 9.17) is 4.74 Å². The van der Waals surface area contributed by atoms with E-state index in [1.54, 1.807) is 39.5 Å². The average Bonchev–Trinajstić information content (AvgIpc) is 3.36. The molecule has 2 aromatic rings. The molecule has 0 bridgehead atoms. The second-order valence-electron chi connectivity index (χ2n) is 9.15. The van der Waals surface area contributed by atoms with Crippen molar-refractivity contribution in [2.45, 2.75) is 62.5 Å². The Morgan fingerprint density at radius 1 is 1.03 bits per heavy atom. The topological polar surface area (TPSA) is 66.9 Å². The molecule has 1 atom stereocenters. The Bertz CT molecular complexity index is 1060. The third kappa shape index (κ3) is 6.43. The van der Waals surface area contributed by atoms with E-state index in [1.807, 2.05) is 6.07 Å². The lowest BCUT2D eigenvalue weighted by atomic mass is 10.1. The Labute approximate surface area is 201 Å². The van der Waals surface area contributed by atoms with Gasteiger partial charge in [-0.15, -0.1) is 0 Å². The van der Waals surface area contributed by atoms with Crippen LogP contribution in [0, 0.1) is 5.82 Å². The van der Waals surface area contributed by atoms with Crippen molar-refractivity contribution in [1.82, 2.24) is 9.21 Å². The molecule has 1 amide bonds. The minimum absolute atomic E-state index is 0.0109. The molecular formula is C26H33FN2O4S. The summed E-state index contributed by atoms with van der Waals surface area (Å²) in [7, 11) is -3.46. The number of carbonyl (C=O) groups excluding carboxylic acids is 1. The Balaban J connectivity index is 1.38. The summed E-state index contributed by atoms with van der Waals surface area (Å²) in [6.07, 6.45) is 5.58. The van der Waals surface area contributed by atoms with Crippen molar-refractivity contribution in [2.75, 3.05) is 26.2 Å². The average molecular weight is 489 g/mol. The molecule has 8 heteroatoms. The highest BCUT2D eigenvalue weighted by Crippen LogP contribution is 2.22. The number of amides is 1. The molecule has 2 fully saturated rings. The van der Waals surface area contributed by atoms with Crippen molar-refractivity contribution < 1.29 is 22.3 Å². The van der Waals surface area contributed by atoms with Gasteiger partial charge in [0, 0.05) is 39.2 Å². The van der Waals surface area contributed by atoms with Gasteiger partial charge in [0.1, 0.15) is 5.82 Å². The van der Waals surface area contributed by atoms with Crippen LogP contribution in [-0.4, -0.2) is 55.9 Å². The maximum atomic E-state index is 13.7. The fourth-order valence-electron chi connectivity index (χ4n) is 4.64. The van der Waals surface area contributed by atoms with Crippen molar-refractivity contribution in [3.8, 4) is 0 Å². The number of carbonyl (C=O) groups is 1. The molecule has 6 nitrogen and oxygen atoms in total. The van der Waals surface area contributed by atoms with E-state index >= 15 is 0 Å². The van der Waals surface area contributed by atoms with Gasteiger partial charge in [-0.25, -0.2) is 12.8 Å². The largest absolute Gasteiger partial charge is 0.376 e. The number of nitrogens with zero attached hydrogens (tertiary/aromatic N) is 2. The van der Waals surface area contributed by atoms with Gasteiger partial charge in [-0.1, -0.05) is 30.7 Å². The SMILES string of the molecule is O=C(CCc1ccc(S(=O)(=O)N2CCCCC2)cc1)N(Cc1cccc(F)c1)CC1CCCO1. The van der Waals surface area contributed by atoms with Crippen molar-refractivity contribution >= 4 is 15.9 Å². The van der Waals surface area contributed by atoms with Crippen LogP contribution in [0.3, 0.4) is 0 Å². The molecular weight excluding hydrogens is 455 g/mol. The first-order valence-corrected chi connectivity index (χ1v) is 13.6. The molecule has 0 N–H and O–H groups in total. The zero-order valence-electron chi connectivity index (χ0n) is 19.5. The van der Waals surface area contributed by atoms with Gasteiger partial charge < -0.3 is 9.64 Å². The Morgan fingerprint density at radius 3 is 2.47 bits per heavy atom. The molecule has 4 rings (SSSR count). The number of halogens is 1.